The number of amidine groups is 1. The Morgan fingerprint density at radius 3 is 2.35 bits per heavy atom. The molecule has 3 amide bonds. The minimum atomic E-state index is -0.807. The lowest BCUT2D eigenvalue weighted by atomic mass is 10.1. The van der Waals surface area contributed by atoms with Crippen LogP contribution in [-0.4, -0.2) is 27.9 Å². The maximum atomic E-state index is 12.0. The van der Waals surface area contributed by atoms with Gasteiger partial charge in [0.15, 0.2) is 5.17 Å². The Bertz CT molecular complexity index is 704. The first-order valence-corrected chi connectivity index (χ1v) is 7.78. The molecule has 1 aliphatic heterocycles. The maximum absolute atomic E-state index is 12.0. The van der Waals surface area contributed by atoms with Crippen molar-refractivity contribution in [3.05, 3.63) is 29.8 Å². The predicted octanol–water partition coefficient (Wildman–Crippen LogP) is 1.82. The number of carbonyl (C=O) groups excluding carboxylic acids is 3. The second kappa shape index (κ2) is 6.41. The number of hydrazone groups is 1. The van der Waals surface area contributed by atoms with Gasteiger partial charge in [0.05, 0.1) is 0 Å². The fourth-order valence-electron chi connectivity index (χ4n) is 2.28. The summed E-state index contributed by atoms with van der Waals surface area (Å²) in [5.41, 5.74) is 1.42. The van der Waals surface area contributed by atoms with Gasteiger partial charge in [0.25, 0.3) is 0 Å². The summed E-state index contributed by atoms with van der Waals surface area (Å²) in [5.74, 6) is -0.675. The molecule has 0 aliphatic carbocycles. The van der Waals surface area contributed by atoms with Crippen LogP contribution in [0.3, 0.4) is 0 Å². The van der Waals surface area contributed by atoms with E-state index in [1.165, 1.54) is 37.5 Å². The van der Waals surface area contributed by atoms with E-state index in [2.05, 4.69) is 15.7 Å². The molecule has 0 aromatic heterocycles. The summed E-state index contributed by atoms with van der Waals surface area (Å²) in [6, 6.07) is 7.19. The second-order valence-corrected chi connectivity index (χ2v) is 6.65. The number of anilines is 1. The highest BCUT2D eigenvalue weighted by Crippen LogP contribution is 2.45. The van der Waals surface area contributed by atoms with Crippen LogP contribution in [-0.2, 0) is 19.3 Å². The lowest BCUT2D eigenvalue weighted by Crippen LogP contribution is -2.37. The van der Waals surface area contributed by atoms with Gasteiger partial charge in [0.1, 0.15) is 4.87 Å². The largest absolute Gasteiger partial charge is 0.326 e. The highest BCUT2D eigenvalue weighted by Gasteiger charge is 2.44. The van der Waals surface area contributed by atoms with Crippen LogP contribution in [0.4, 0.5) is 5.69 Å². The van der Waals surface area contributed by atoms with Gasteiger partial charge in [-0.05, 0) is 24.6 Å². The van der Waals surface area contributed by atoms with Crippen LogP contribution in [0, 0.1) is 0 Å². The lowest BCUT2D eigenvalue weighted by molar-refractivity contribution is -0.131. The molecular weight excluding hydrogens is 316 g/mol. The van der Waals surface area contributed by atoms with E-state index in [0.29, 0.717) is 10.9 Å². The highest BCUT2D eigenvalue weighted by atomic mass is 32.2. The topological polar surface area (TPSA) is 90.9 Å². The SMILES string of the molecule is CC(=O)NC1=NN(C(C)=O)[C@](C)(c2cccc(NC(C)=O)c2)S1. The van der Waals surface area contributed by atoms with Crippen molar-refractivity contribution in [2.24, 2.45) is 5.10 Å². The summed E-state index contributed by atoms with van der Waals surface area (Å²) >= 11 is 1.27. The number of carbonyl (C=O) groups is 3. The van der Waals surface area contributed by atoms with Crippen molar-refractivity contribution in [2.75, 3.05) is 5.32 Å². The van der Waals surface area contributed by atoms with Gasteiger partial charge < -0.3 is 10.6 Å². The van der Waals surface area contributed by atoms with Crippen LogP contribution >= 0.6 is 11.8 Å². The van der Waals surface area contributed by atoms with E-state index in [4.69, 9.17) is 0 Å². The molecule has 1 atom stereocenters. The van der Waals surface area contributed by atoms with Crippen LogP contribution in [0.25, 0.3) is 0 Å². The average Bonchev–Trinajstić information content (AvgIpc) is 2.76. The molecule has 0 saturated heterocycles. The van der Waals surface area contributed by atoms with Crippen LogP contribution in [0.2, 0.25) is 0 Å². The Hall–Kier alpha value is -2.35. The van der Waals surface area contributed by atoms with E-state index >= 15 is 0 Å². The monoisotopic (exact) mass is 334 g/mol. The molecule has 1 aromatic rings. The Balaban J connectivity index is 2.38. The standard InChI is InChI=1S/C15H18N4O3S/c1-9(20)16-13-7-5-6-12(8-13)15(4)19(11(3)22)18-14(23-15)17-10(2)21/h5-8H,1-4H3,(H,16,20)(H,17,18,21)/t15-/m0/s1. The second-order valence-electron chi connectivity index (χ2n) is 5.26. The number of thioether (sulfide) groups is 1. The summed E-state index contributed by atoms with van der Waals surface area (Å²) in [6.45, 7) is 6.06. The van der Waals surface area contributed by atoms with E-state index in [1.54, 1.807) is 18.2 Å². The smallest absolute Gasteiger partial charge is 0.241 e. The average molecular weight is 334 g/mol. The van der Waals surface area contributed by atoms with Gasteiger partial charge in [-0.25, -0.2) is 5.01 Å². The molecule has 8 heteroatoms. The number of amides is 3. The van der Waals surface area contributed by atoms with Crippen LogP contribution in [0.1, 0.15) is 33.3 Å². The van der Waals surface area contributed by atoms with Crippen molar-refractivity contribution in [1.82, 2.24) is 10.3 Å². The fourth-order valence-corrected chi connectivity index (χ4v) is 3.47. The normalized spacial score (nSPS) is 20.0. The summed E-state index contributed by atoms with van der Waals surface area (Å²) < 4.78 is 0. The summed E-state index contributed by atoms with van der Waals surface area (Å²) in [5, 5.41) is 11.2. The van der Waals surface area contributed by atoms with Crippen LogP contribution in [0.15, 0.2) is 29.4 Å². The molecule has 2 N–H and O–H groups in total. The first kappa shape index (κ1) is 17.0. The first-order valence-electron chi connectivity index (χ1n) is 6.96. The Morgan fingerprint density at radius 1 is 1.13 bits per heavy atom. The van der Waals surface area contributed by atoms with Crippen molar-refractivity contribution >= 4 is 40.3 Å². The van der Waals surface area contributed by atoms with E-state index in [9.17, 15) is 14.4 Å². The zero-order chi connectivity index (χ0) is 17.2. The van der Waals surface area contributed by atoms with Crippen molar-refractivity contribution in [3.63, 3.8) is 0 Å². The Kier molecular flexibility index (Phi) is 4.74. The minimum absolute atomic E-state index is 0.176. The molecule has 0 spiro atoms. The molecule has 7 nitrogen and oxygen atoms in total. The maximum Gasteiger partial charge on any atom is 0.241 e. The summed E-state index contributed by atoms with van der Waals surface area (Å²) in [7, 11) is 0. The molecular formula is C15H18N4O3S. The first-order chi connectivity index (χ1) is 10.7. The molecule has 0 radical (unpaired) electrons. The number of hydrogen-bond donors (Lipinski definition) is 2. The minimum Gasteiger partial charge on any atom is -0.326 e. The van der Waals surface area contributed by atoms with Gasteiger partial charge >= 0.3 is 0 Å². The summed E-state index contributed by atoms with van der Waals surface area (Å²) in [6.07, 6.45) is 0. The van der Waals surface area contributed by atoms with Gasteiger partial charge in [-0.3, -0.25) is 14.4 Å². The molecule has 1 heterocycles. The fraction of sp³-hybridized carbons (Fsp3) is 0.333. The third-order valence-electron chi connectivity index (χ3n) is 3.19. The molecule has 0 saturated carbocycles. The van der Waals surface area contributed by atoms with Crippen molar-refractivity contribution in [2.45, 2.75) is 32.6 Å². The van der Waals surface area contributed by atoms with Gasteiger partial charge in [-0.1, -0.05) is 23.9 Å². The van der Waals surface area contributed by atoms with Crippen molar-refractivity contribution in [1.29, 1.82) is 0 Å². The molecule has 122 valence electrons. The predicted molar refractivity (Wildman–Crippen MR) is 89.5 cm³/mol. The Morgan fingerprint density at radius 2 is 1.78 bits per heavy atom. The quantitative estimate of drug-likeness (QED) is 0.863. The lowest BCUT2D eigenvalue weighted by Gasteiger charge is -2.31. The molecule has 0 fully saturated rings. The van der Waals surface area contributed by atoms with E-state index in [0.717, 1.165) is 5.56 Å². The molecule has 2 rings (SSSR count). The third-order valence-corrected chi connectivity index (χ3v) is 4.37. The van der Waals surface area contributed by atoms with Crippen molar-refractivity contribution < 1.29 is 14.4 Å². The van der Waals surface area contributed by atoms with Gasteiger partial charge in [0, 0.05) is 26.5 Å². The zero-order valence-electron chi connectivity index (χ0n) is 13.3. The number of rotatable bonds is 2. The zero-order valence-corrected chi connectivity index (χ0v) is 14.2. The van der Waals surface area contributed by atoms with Gasteiger partial charge in [0.2, 0.25) is 17.7 Å². The number of nitrogens with zero attached hydrogens (tertiary/aromatic N) is 2. The van der Waals surface area contributed by atoms with E-state index in [-0.39, 0.29) is 17.7 Å². The van der Waals surface area contributed by atoms with Crippen LogP contribution in [0.5, 0.6) is 0 Å². The van der Waals surface area contributed by atoms with E-state index < -0.39 is 4.87 Å². The molecule has 0 bridgehead atoms. The summed E-state index contributed by atoms with van der Waals surface area (Å²) in [4.78, 5) is 33.6. The van der Waals surface area contributed by atoms with Crippen molar-refractivity contribution in [3.8, 4) is 0 Å². The molecule has 1 aliphatic rings. The van der Waals surface area contributed by atoms with Gasteiger partial charge in [-0.2, -0.15) is 0 Å². The van der Waals surface area contributed by atoms with Crippen LogP contribution < -0.4 is 10.6 Å². The number of hydrogen-bond acceptors (Lipinski definition) is 5. The number of benzene rings is 1. The van der Waals surface area contributed by atoms with E-state index in [1.807, 2.05) is 13.0 Å². The Labute approximate surface area is 138 Å². The third kappa shape index (κ3) is 3.70. The molecule has 23 heavy (non-hydrogen) atoms. The molecule has 1 aromatic carbocycles. The van der Waals surface area contributed by atoms with Gasteiger partial charge in [-0.15, -0.1) is 5.10 Å². The molecule has 0 unspecified atom stereocenters. The number of nitrogens with one attached hydrogen (secondary N) is 2. The highest BCUT2D eigenvalue weighted by molar-refractivity contribution is 8.14.